The summed E-state index contributed by atoms with van der Waals surface area (Å²) in [5.74, 6) is -1.49. The monoisotopic (exact) mass is 268 g/mol. The number of benzene rings is 1. The van der Waals surface area contributed by atoms with Gasteiger partial charge in [0.25, 0.3) is 5.91 Å². The third kappa shape index (κ3) is 3.50. The average molecular weight is 268 g/mol. The minimum atomic E-state index is -0.814. The summed E-state index contributed by atoms with van der Waals surface area (Å²) >= 11 is 0. The summed E-state index contributed by atoms with van der Waals surface area (Å²) in [5.41, 5.74) is 0.182. The van der Waals surface area contributed by atoms with E-state index in [2.05, 4.69) is 10.6 Å². The number of nitrogens with one attached hydrogen (secondary N) is 2. The predicted octanol–water partition coefficient (Wildman–Crippen LogP) is 2.00. The highest BCUT2D eigenvalue weighted by atomic mass is 19.1. The second-order valence-corrected chi connectivity index (χ2v) is 4.98. The van der Waals surface area contributed by atoms with Gasteiger partial charge in [-0.1, -0.05) is 0 Å². The summed E-state index contributed by atoms with van der Waals surface area (Å²) in [4.78, 5) is 11.9. The molecular formula is C14H18F2N2O. The fourth-order valence-electron chi connectivity index (χ4n) is 2.25. The van der Waals surface area contributed by atoms with Crippen molar-refractivity contribution in [2.24, 2.45) is 5.92 Å². The van der Waals surface area contributed by atoms with E-state index in [0.717, 1.165) is 32.0 Å². The summed E-state index contributed by atoms with van der Waals surface area (Å²) in [6.45, 7) is 3.95. The molecule has 0 aliphatic carbocycles. The molecule has 2 N–H and O–H groups in total. The van der Waals surface area contributed by atoms with Crippen molar-refractivity contribution in [1.82, 2.24) is 10.6 Å². The van der Waals surface area contributed by atoms with E-state index in [4.69, 9.17) is 0 Å². The number of amides is 1. The SMILES string of the molecule is Cc1cc(C(=O)NCC2CCNCC2)c(F)cc1F. The Kier molecular flexibility index (Phi) is 4.47. The Morgan fingerprint density at radius 2 is 2.00 bits per heavy atom. The summed E-state index contributed by atoms with van der Waals surface area (Å²) < 4.78 is 26.7. The molecule has 1 aliphatic rings. The summed E-state index contributed by atoms with van der Waals surface area (Å²) in [6, 6.07) is 2.01. The molecule has 0 saturated carbocycles. The van der Waals surface area contributed by atoms with Gasteiger partial charge in [0.15, 0.2) is 0 Å². The van der Waals surface area contributed by atoms with Gasteiger partial charge in [-0.25, -0.2) is 8.78 Å². The van der Waals surface area contributed by atoms with Crippen LogP contribution in [0.25, 0.3) is 0 Å². The standard InChI is InChI=1S/C14H18F2N2O/c1-9-6-11(13(16)7-12(9)15)14(19)18-8-10-2-4-17-5-3-10/h6-7,10,17H,2-5,8H2,1H3,(H,18,19). The van der Waals surface area contributed by atoms with Gasteiger partial charge in [0.1, 0.15) is 11.6 Å². The van der Waals surface area contributed by atoms with Gasteiger partial charge in [-0.05, 0) is 50.4 Å². The van der Waals surface area contributed by atoms with Crippen LogP contribution in [0.3, 0.4) is 0 Å². The molecule has 104 valence electrons. The number of carbonyl (C=O) groups excluding carboxylic acids is 1. The number of piperidine rings is 1. The zero-order valence-corrected chi connectivity index (χ0v) is 10.9. The van der Waals surface area contributed by atoms with Crippen molar-refractivity contribution in [1.29, 1.82) is 0 Å². The molecule has 0 radical (unpaired) electrons. The number of hydrogen-bond donors (Lipinski definition) is 2. The Balaban J connectivity index is 1.97. The van der Waals surface area contributed by atoms with E-state index in [1.54, 1.807) is 0 Å². The van der Waals surface area contributed by atoms with Crippen LogP contribution in [0, 0.1) is 24.5 Å². The lowest BCUT2D eigenvalue weighted by Crippen LogP contribution is -2.36. The highest BCUT2D eigenvalue weighted by Crippen LogP contribution is 2.15. The normalized spacial score (nSPS) is 16.4. The van der Waals surface area contributed by atoms with Gasteiger partial charge in [-0.2, -0.15) is 0 Å². The molecule has 1 heterocycles. The quantitative estimate of drug-likeness (QED) is 0.880. The number of carbonyl (C=O) groups is 1. The Labute approximate surface area is 111 Å². The summed E-state index contributed by atoms with van der Waals surface area (Å²) in [7, 11) is 0. The van der Waals surface area contributed by atoms with Crippen LogP contribution in [-0.2, 0) is 0 Å². The molecular weight excluding hydrogens is 250 g/mol. The molecule has 1 saturated heterocycles. The van der Waals surface area contributed by atoms with Crippen LogP contribution in [0.4, 0.5) is 8.78 Å². The first kappa shape index (κ1) is 13.9. The maximum Gasteiger partial charge on any atom is 0.254 e. The average Bonchev–Trinajstić information content (AvgIpc) is 2.41. The van der Waals surface area contributed by atoms with Crippen LogP contribution in [0.1, 0.15) is 28.8 Å². The number of aryl methyl sites for hydroxylation is 1. The Morgan fingerprint density at radius 3 is 2.68 bits per heavy atom. The Bertz CT molecular complexity index is 471. The highest BCUT2D eigenvalue weighted by Gasteiger charge is 2.17. The molecule has 0 unspecified atom stereocenters. The van der Waals surface area contributed by atoms with E-state index in [9.17, 15) is 13.6 Å². The summed E-state index contributed by atoms with van der Waals surface area (Å²) in [6.07, 6.45) is 2.01. The van der Waals surface area contributed by atoms with E-state index in [1.165, 1.54) is 13.0 Å². The number of halogens is 2. The van der Waals surface area contributed by atoms with Crippen molar-refractivity contribution in [2.75, 3.05) is 19.6 Å². The van der Waals surface area contributed by atoms with Crippen LogP contribution in [0.15, 0.2) is 12.1 Å². The van der Waals surface area contributed by atoms with Crippen molar-refractivity contribution in [3.8, 4) is 0 Å². The fourth-order valence-corrected chi connectivity index (χ4v) is 2.25. The van der Waals surface area contributed by atoms with Crippen molar-refractivity contribution >= 4 is 5.91 Å². The predicted molar refractivity (Wildman–Crippen MR) is 69.0 cm³/mol. The topological polar surface area (TPSA) is 41.1 Å². The summed E-state index contributed by atoms with van der Waals surface area (Å²) in [5, 5.41) is 5.97. The molecule has 0 bridgehead atoms. The van der Waals surface area contributed by atoms with Crippen LogP contribution in [-0.4, -0.2) is 25.5 Å². The third-order valence-corrected chi connectivity index (χ3v) is 3.50. The minimum Gasteiger partial charge on any atom is -0.352 e. The van der Waals surface area contributed by atoms with Gasteiger partial charge < -0.3 is 10.6 Å². The smallest absolute Gasteiger partial charge is 0.254 e. The Hall–Kier alpha value is -1.49. The first-order valence-electron chi connectivity index (χ1n) is 6.52. The fraction of sp³-hybridized carbons (Fsp3) is 0.500. The van der Waals surface area contributed by atoms with Gasteiger partial charge in [0.05, 0.1) is 5.56 Å². The second-order valence-electron chi connectivity index (χ2n) is 4.98. The first-order valence-corrected chi connectivity index (χ1v) is 6.52. The van der Waals surface area contributed by atoms with Crippen LogP contribution in [0.2, 0.25) is 0 Å². The van der Waals surface area contributed by atoms with Crippen LogP contribution in [0.5, 0.6) is 0 Å². The lowest BCUT2D eigenvalue weighted by atomic mass is 9.98. The van der Waals surface area contributed by atoms with E-state index in [1.807, 2.05) is 0 Å². The minimum absolute atomic E-state index is 0.0900. The molecule has 1 aromatic carbocycles. The Morgan fingerprint density at radius 1 is 1.32 bits per heavy atom. The van der Waals surface area contributed by atoms with Gasteiger partial charge in [-0.3, -0.25) is 4.79 Å². The molecule has 1 aliphatic heterocycles. The molecule has 0 spiro atoms. The number of hydrogen-bond acceptors (Lipinski definition) is 2. The molecule has 1 fully saturated rings. The first-order chi connectivity index (χ1) is 9.08. The molecule has 0 aromatic heterocycles. The largest absolute Gasteiger partial charge is 0.352 e. The van der Waals surface area contributed by atoms with E-state index in [0.29, 0.717) is 12.5 Å². The van der Waals surface area contributed by atoms with Gasteiger partial charge >= 0.3 is 0 Å². The highest BCUT2D eigenvalue weighted by molar-refractivity contribution is 5.94. The zero-order valence-electron chi connectivity index (χ0n) is 10.9. The van der Waals surface area contributed by atoms with Crippen LogP contribution < -0.4 is 10.6 Å². The van der Waals surface area contributed by atoms with Crippen LogP contribution >= 0.6 is 0 Å². The zero-order chi connectivity index (χ0) is 13.8. The number of rotatable bonds is 3. The maximum atomic E-state index is 13.5. The van der Waals surface area contributed by atoms with Gasteiger partial charge in [0.2, 0.25) is 0 Å². The molecule has 3 nitrogen and oxygen atoms in total. The van der Waals surface area contributed by atoms with E-state index in [-0.39, 0.29) is 11.1 Å². The van der Waals surface area contributed by atoms with E-state index >= 15 is 0 Å². The second kappa shape index (κ2) is 6.10. The van der Waals surface area contributed by atoms with Crippen molar-refractivity contribution in [3.63, 3.8) is 0 Å². The van der Waals surface area contributed by atoms with Crippen molar-refractivity contribution in [3.05, 3.63) is 34.9 Å². The van der Waals surface area contributed by atoms with Gasteiger partial charge in [-0.15, -0.1) is 0 Å². The van der Waals surface area contributed by atoms with E-state index < -0.39 is 17.5 Å². The molecule has 2 rings (SSSR count). The van der Waals surface area contributed by atoms with Crippen molar-refractivity contribution in [2.45, 2.75) is 19.8 Å². The molecule has 1 aromatic rings. The lowest BCUT2D eigenvalue weighted by molar-refractivity contribution is 0.0940. The molecule has 0 atom stereocenters. The molecule has 19 heavy (non-hydrogen) atoms. The van der Waals surface area contributed by atoms with Gasteiger partial charge in [0, 0.05) is 12.6 Å². The molecule has 1 amide bonds. The lowest BCUT2D eigenvalue weighted by Gasteiger charge is -2.22. The molecule has 5 heteroatoms. The van der Waals surface area contributed by atoms with Crippen molar-refractivity contribution < 1.29 is 13.6 Å². The third-order valence-electron chi connectivity index (χ3n) is 3.50. The maximum absolute atomic E-state index is 13.5.